The van der Waals surface area contributed by atoms with Crippen molar-refractivity contribution >= 4 is 28.5 Å². The van der Waals surface area contributed by atoms with Crippen molar-refractivity contribution in [1.82, 2.24) is 9.47 Å². The second-order valence-electron chi connectivity index (χ2n) is 6.49. The highest BCUT2D eigenvalue weighted by Crippen LogP contribution is 2.47. The minimum Gasteiger partial charge on any atom is -0.477 e. The smallest absolute Gasteiger partial charge is 0.419 e. The molecule has 3 atom stereocenters. The number of aliphatic hydroxyl groups is 1. The van der Waals surface area contributed by atoms with Gasteiger partial charge in [-0.25, -0.2) is 9.59 Å². The third kappa shape index (κ3) is 2.00. The molecule has 2 aromatic rings. The normalized spacial score (nSPS) is 23.8. The van der Waals surface area contributed by atoms with E-state index in [1.54, 1.807) is 25.2 Å². The molecule has 2 aliphatic rings. The van der Waals surface area contributed by atoms with Gasteiger partial charge < -0.3 is 19.5 Å². The van der Waals surface area contributed by atoms with Crippen LogP contribution in [0.15, 0.2) is 33.1 Å². The molecule has 0 unspecified atom stereocenters. The van der Waals surface area contributed by atoms with Crippen molar-refractivity contribution in [1.29, 1.82) is 0 Å². The highest BCUT2D eigenvalue weighted by atomic mass is 16.4. The number of carboxylic acid groups (broad SMARTS) is 1. The molecule has 0 spiro atoms. The fraction of sp³-hybridized carbons (Fsp3) is 0.353. The molecule has 25 heavy (non-hydrogen) atoms. The van der Waals surface area contributed by atoms with Gasteiger partial charge >= 0.3 is 11.7 Å². The lowest BCUT2D eigenvalue weighted by atomic mass is 9.82. The van der Waals surface area contributed by atoms with Gasteiger partial charge in [-0.05, 0) is 36.6 Å². The Morgan fingerprint density at radius 2 is 2.08 bits per heavy atom. The molecule has 1 amide bonds. The van der Waals surface area contributed by atoms with Gasteiger partial charge in [0.1, 0.15) is 5.70 Å². The highest BCUT2D eigenvalue weighted by Gasteiger charge is 2.56. The third-order valence-electron chi connectivity index (χ3n) is 5.07. The molecule has 0 bridgehead atoms. The number of β-lactam (4-membered cyclic amide) rings is 1. The van der Waals surface area contributed by atoms with E-state index in [4.69, 9.17) is 4.42 Å². The van der Waals surface area contributed by atoms with Gasteiger partial charge in [-0.2, -0.15) is 0 Å². The summed E-state index contributed by atoms with van der Waals surface area (Å²) >= 11 is 0. The molecule has 1 aromatic heterocycles. The van der Waals surface area contributed by atoms with E-state index in [0.29, 0.717) is 28.7 Å². The number of hydrogen-bond acceptors (Lipinski definition) is 5. The van der Waals surface area contributed by atoms with E-state index in [2.05, 4.69) is 0 Å². The van der Waals surface area contributed by atoms with Crippen molar-refractivity contribution in [2.45, 2.75) is 25.5 Å². The van der Waals surface area contributed by atoms with Crippen LogP contribution in [-0.2, 0) is 16.6 Å². The molecule has 0 saturated carbocycles. The maximum atomic E-state index is 12.2. The summed E-state index contributed by atoms with van der Waals surface area (Å²) in [5.74, 6) is -2.66. The van der Waals surface area contributed by atoms with Crippen LogP contribution >= 0.6 is 0 Å². The number of aryl methyl sites for hydroxylation is 1. The first-order valence-electron chi connectivity index (χ1n) is 7.88. The number of oxazole rings is 1. The van der Waals surface area contributed by atoms with E-state index in [0.717, 1.165) is 0 Å². The van der Waals surface area contributed by atoms with Gasteiger partial charge in [0.2, 0.25) is 5.91 Å². The predicted molar refractivity (Wildman–Crippen MR) is 86.4 cm³/mol. The van der Waals surface area contributed by atoms with Crippen LogP contribution < -0.4 is 5.76 Å². The maximum absolute atomic E-state index is 12.2. The Balaban J connectivity index is 1.83. The maximum Gasteiger partial charge on any atom is 0.419 e. The zero-order valence-corrected chi connectivity index (χ0v) is 13.6. The van der Waals surface area contributed by atoms with Crippen LogP contribution in [0.3, 0.4) is 0 Å². The van der Waals surface area contributed by atoms with Gasteiger partial charge in [-0.15, -0.1) is 0 Å². The second-order valence-corrected chi connectivity index (χ2v) is 6.49. The number of carboxylic acids is 1. The quantitative estimate of drug-likeness (QED) is 0.786. The summed E-state index contributed by atoms with van der Waals surface area (Å²) in [5, 5.41) is 19.4. The van der Waals surface area contributed by atoms with Crippen LogP contribution in [0.25, 0.3) is 16.7 Å². The Morgan fingerprint density at radius 1 is 1.36 bits per heavy atom. The van der Waals surface area contributed by atoms with E-state index in [1.807, 2.05) is 0 Å². The molecule has 1 fully saturated rings. The van der Waals surface area contributed by atoms with Crippen LogP contribution in [0.1, 0.15) is 18.9 Å². The molecule has 130 valence electrons. The average molecular weight is 344 g/mol. The van der Waals surface area contributed by atoms with E-state index in [9.17, 15) is 24.6 Å². The van der Waals surface area contributed by atoms with Gasteiger partial charge in [-0.1, -0.05) is 6.07 Å². The van der Waals surface area contributed by atoms with Crippen molar-refractivity contribution in [3.8, 4) is 0 Å². The van der Waals surface area contributed by atoms with E-state index in [-0.39, 0.29) is 17.6 Å². The number of benzene rings is 1. The molecule has 8 nitrogen and oxygen atoms in total. The zero-order valence-electron chi connectivity index (χ0n) is 13.6. The fourth-order valence-electron chi connectivity index (χ4n) is 3.85. The Labute approximate surface area is 141 Å². The molecular formula is C17H16N2O6. The summed E-state index contributed by atoms with van der Waals surface area (Å²) in [5.41, 5.74) is 1.98. The lowest BCUT2D eigenvalue weighted by Gasteiger charge is -2.44. The summed E-state index contributed by atoms with van der Waals surface area (Å²) in [6.07, 6.45) is -0.497. The number of hydrogen-bond donors (Lipinski definition) is 2. The van der Waals surface area contributed by atoms with Crippen LogP contribution in [-0.4, -0.2) is 43.7 Å². The number of rotatable bonds is 3. The first kappa shape index (κ1) is 15.6. The molecule has 4 rings (SSSR count). The van der Waals surface area contributed by atoms with Gasteiger partial charge in [-0.3, -0.25) is 9.36 Å². The summed E-state index contributed by atoms with van der Waals surface area (Å²) < 4.78 is 6.52. The van der Waals surface area contributed by atoms with Crippen molar-refractivity contribution < 1.29 is 24.2 Å². The van der Waals surface area contributed by atoms with E-state index < -0.39 is 23.7 Å². The van der Waals surface area contributed by atoms with Gasteiger partial charge in [0.05, 0.1) is 23.6 Å². The van der Waals surface area contributed by atoms with Gasteiger partial charge in [0, 0.05) is 7.05 Å². The molecule has 0 radical (unpaired) electrons. The van der Waals surface area contributed by atoms with Crippen molar-refractivity contribution in [2.24, 2.45) is 13.0 Å². The van der Waals surface area contributed by atoms with Crippen LogP contribution in [0.5, 0.6) is 0 Å². The number of aliphatic carboxylic acids is 1. The summed E-state index contributed by atoms with van der Waals surface area (Å²) in [6.45, 7) is 1.53. The number of carbonyl (C=O) groups excluding carboxylic acids is 1. The van der Waals surface area contributed by atoms with E-state index in [1.165, 1.54) is 16.4 Å². The van der Waals surface area contributed by atoms with Crippen LogP contribution in [0.4, 0.5) is 0 Å². The number of carbonyl (C=O) groups is 2. The van der Waals surface area contributed by atoms with Crippen molar-refractivity contribution in [3.63, 3.8) is 0 Å². The third-order valence-corrected chi connectivity index (χ3v) is 5.07. The fourth-order valence-corrected chi connectivity index (χ4v) is 3.85. The molecule has 8 heteroatoms. The number of aliphatic hydroxyl groups excluding tert-OH is 1. The Kier molecular flexibility index (Phi) is 3.17. The summed E-state index contributed by atoms with van der Waals surface area (Å²) in [6, 6.07) is 4.66. The minimum absolute atomic E-state index is 0.0653. The molecule has 2 N–H and O–H groups in total. The molecule has 1 saturated heterocycles. The monoisotopic (exact) mass is 344 g/mol. The molecule has 0 aliphatic carbocycles. The predicted octanol–water partition coefficient (Wildman–Crippen LogP) is 0.539. The average Bonchev–Trinajstić information content (AvgIpc) is 3.02. The Morgan fingerprint density at radius 3 is 2.72 bits per heavy atom. The number of fused-ring (bicyclic) bond motifs is 2. The molecule has 3 heterocycles. The Hall–Kier alpha value is -2.87. The molecule has 1 aromatic carbocycles. The molecule has 2 aliphatic heterocycles. The minimum atomic E-state index is -1.19. The standard InChI is InChI=1S/C17H16N2O6/c1-7(20)13-11-6-9(14(16(22)23)19(11)15(13)21)8-3-4-10-12(5-8)25-17(24)18(10)2/h3-5,7,11,13,20H,6H2,1-2H3,(H,22,23)/t7-,11-,13-/m1/s1. The van der Waals surface area contributed by atoms with Gasteiger partial charge in [0.15, 0.2) is 5.58 Å². The first-order valence-corrected chi connectivity index (χ1v) is 7.88. The number of aromatic nitrogens is 1. The SMILES string of the molecule is C[C@@H](O)[C@H]1C(=O)N2C(C(=O)O)=C(c3ccc4c(c3)oc(=O)n4C)C[C@H]12. The number of nitrogens with zero attached hydrogens (tertiary/aromatic N) is 2. The topological polar surface area (TPSA) is 113 Å². The largest absolute Gasteiger partial charge is 0.477 e. The van der Waals surface area contributed by atoms with E-state index >= 15 is 0 Å². The number of amides is 1. The Bertz CT molecular complexity index is 1010. The van der Waals surface area contributed by atoms with Crippen LogP contribution in [0.2, 0.25) is 0 Å². The highest BCUT2D eigenvalue weighted by molar-refractivity contribution is 6.06. The summed E-state index contributed by atoms with van der Waals surface area (Å²) in [4.78, 5) is 36.8. The van der Waals surface area contributed by atoms with Gasteiger partial charge in [0.25, 0.3) is 0 Å². The van der Waals surface area contributed by atoms with Crippen LogP contribution in [0, 0.1) is 5.92 Å². The lowest BCUT2D eigenvalue weighted by molar-refractivity contribution is -0.161. The lowest BCUT2D eigenvalue weighted by Crippen LogP contribution is -2.61. The second kappa shape index (κ2) is 5.06. The van der Waals surface area contributed by atoms with Crippen molar-refractivity contribution in [3.05, 3.63) is 40.0 Å². The zero-order chi connectivity index (χ0) is 18.0. The summed E-state index contributed by atoms with van der Waals surface area (Å²) in [7, 11) is 1.59. The molecular weight excluding hydrogens is 328 g/mol. The van der Waals surface area contributed by atoms with Crippen molar-refractivity contribution in [2.75, 3.05) is 0 Å². The first-order chi connectivity index (χ1) is 11.8.